The van der Waals surface area contributed by atoms with E-state index in [1.165, 1.54) is 0 Å². The Balaban J connectivity index is 1.03. The molecule has 2 N–H and O–H groups in total. The van der Waals surface area contributed by atoms with Crippen LogP contribution in [0, 0.1) is 0 Å². The number of fused-ring (bicyclic) bond motifs is 5. The van der Waals surface area contributed by atoms with Crippen LogP contribution in [-0.4, -0.2) is 5.84 Å². The molecule has 2 atom stereocenters. The highest BCUT2D eigenvalue weighted by molar-refractivity contribution is 6.13. The van der Waals surface area contributed by atoms with E-state index < -0.39 is 6.04 Å². The van der Waals surface area contributed by atoms with Gasteiger partial charge in [-0.15, -0.1) is 0 Å². The molecule has 9 aromatic rings. The third-order valence-electron chi connectivity index (χ3n) is 9.75. The first-order chi connectivity index (χ1) is 27.7. The van der Waals surface area contributed by atoms with Gasteiger partial charge in [-0.2, -0.15) is 0 Å². The number of rotatable bonds is 5. The van der Waals surface area contributed by atoms with Crippen LogP contribution in [0.3, 0.4) is 0 Å². The molecule has 0 amide bonds. The molecule has 8 aromatic carbocycles. The molecule has 1 aliphatic rings. The van der Waals surface area contributed by atoms with Gasteiger partial charge in [-0.25, -0.2) is 4.99 Å². The lowest BCUT2D eigenvalue weighted by Crippen LogP contribution is -2.44. The number of hydrogen-bond acceptors (Lipinski definition) is 4. The number of hydrogen-bond donors (Lipinski definition) is 2. The molecule has 10 rings (SSSR count). The van der Waals surface area contributed by atoms with E-state index in [0.717, 1.165) is 77.1 Å². The first-order valence-corrected chi connectivity index (χ1v) is 16.9. The van der Waals surface area contributed by atoms with Crippen molar-refractivity contribution in [2.75, 3.05) is 0 Å². The van der Waals surface area contributed by atoms with E-state index in [9.17, 15) is 0 Å². The summed E-state index contributed by atoms with van der Waals surface area (Å²) in [5.74, 6) is 0.721. The number of furan rings is 1. The highest BCUT2D eigenvalue weighted by atomic mass is 16.3. The van der Waals surface area contributed by atoms with Crippen molar-refractivity contribution in [2.45, 2.75) is 12.3 Å². The van der Waals surface area contributed by atoms with Crippen molar-refractivity contribution in [2.24, 2.45) is 4.99 Å². The third kappa shape index (κ3) is 5.34. The SMILES string of the molecule is [2H]c1ccc2oc3cccc(-c4ccc5cc(C6=NC(c7ccc8ccccc8c7)NC(c7ccc(-c8c([2H])c([2H])c([2H])c([2H])c8[2H])cc7)N6)ccc5c4)c3c2c1. The number of amidine groups is 1. The second-order valence-corrected chi connectivity index (χ2v) is 12.8. The van der Waals surface area contributed by atoms with Crippen LogP contribution in [0.1, 0.15) is 37.2 Å². The molecule has 0 saturated heterocycles. The normalized spacial score (nSPS) is 17.7. The van der Waals surface area contributed by atoms with Crippen molar-refractivity contribution in [3.63, 3.8) is 0 Å². The van der Waals surface area contributed by atoms with Gasteiger partial charge in [0.05, 0.1) is 8.22 Å². The summed E-state index contributed by atoms with van der Waals surface area (Å²) in [6.07, 6.45) is -0.750. The molecule has 1 aromatic heterocycles. The molecule has 0 aliphatic carbocycles. The van der Waals surface area contributed by atoms with E-state index in [2.05, 4.69) is 83.4 Å². The first-order valence-electron chi connectivity index (χ1n) is 19.9. The Labute approximate surface area is 304 Å². The second-order valence-electron chi connectivity index (χ2n) is 12.8. The van der Waals surface area contributed by atoms with Gasteiger partial charge in [0.25, 0.3) is 0 Å². The average Bonchev–Trinajstić information content (AvgIpc) is 3.62. The molecule has 0 bridgehead atoms. The Morgan fingerprint density at radius 2 is 1.24 bits per heavy atom. The van der Waals surface area contributed by atoms with Crippen molar-refractivity contribution in [3.8, 4) is 22.3 Å². The molecule has 2 unspecified atom stereocenters. The molecular formula is C47H33N3O. The van der Waals surface area contributed by atoms with Crippen molar-refractivity contribution in [3.05, 3.63) is 192 Å². The van der Waals surface area contributed by atoms with Gasteiger partial charge in [-0.3, -0.25) is 5.32 Å². The van der Waals surface area contributed by atoms with Crippen LogP contribution in [0.2, 0.25) is 0 Å². The first kappa shape index (κ1) is 23.8. The molecule has 0 saturated carbocycles. The van der Waals surface area contributed by atoms with Crippen molar-refractivity contribution >= 4 is 49.3 Å². The summed E-state index contributed by atoms with van der Waals surface area (Å²) in [6.45, 7) is 0. The highest BCUT2D eigenvalue weighted by Crippen LogP contribution is 2.38. The fourth-order valence-electron chi connectivity index (χ4n) is 7.18. The molecule has 0 fully saturated rings. The highest BCUT2D eigenvalue weighted by Gasteiger charge is 2.26. The summed E-state index contributed by atoms with van der Waals surface area (Å²) in [5.41, 5.74) is 7.20. The van der Waals surface area contributed by atoms with Gasteiger partial charge in [0.15, 0.2) is 0 Å². The van der Waals surface area contributed by atoms with Crippen LogP contribution in [0.4, 0.5) is 0 Å². The largest absolute Gasteiger partial charge is 0.456 e. The summed E-state index contributed by atoms with van der Waals surface area (Å²) < 4.78 is 55.6. The summed E-state index contributed by atoms with van der Waals surface area (Å²) in [7, 11) is 0. The molecule has 242 valence electrons. The van der Waals surface area contributed by atoms with Gasteiger partial charge < -0.3 is 9.73 Å². The number of nitrogens with zero attached hydrogens (tertiary/aromatic N) is 1. The molecule has 51 heavy (non-hydrogen) atoms. The molecule has 0 radical (unpaired) electrons. The predicted molar refractivity (Wildman–Crippen MR) is 211 cm³/mol. The number of aliphatic imine (C=N–C) groups is 1. The van der Waals surface area contributed by atoms with E-state index >= 15 is 0 Å². The molecule has 1 aliphatic heterocycles. The topological polar surface area (TPSA) is 49.6 Å². The van der Waals surface area contributed by atoms with Gasteiger partial charge in [-0.05, 0) is 85.3 Å². The molecule has 0 spiro atoms. The van der Waals surface area contributed by atoms with Crippen molar-refractivity contribution in [1.29, 1.82) is 0 Å². The minimum atomic E-state index is -0.411. The van der Waals surface area contributed by atoms with Crippen LogP contribution in [-0.2, 0) is 0 Å². The minimum absolute atomic E-state index is 0.171. The van der Waals surface area contributed by atoms with E-state index in [1.807, 2.05) is 48.5 Å². The van der Waals surface area contributed by atoms with Crippen LogP contribution in [0.25, 0.3) is 65.7 Å². The zero-order chi connectivity index (χ0) is 38.9. The minimum Gasteiger partial charge on any atom is -0.456 e. The van der Waals surface area contributed by atoms with E-state index in [4.69, 9.17) is 17.6 Å². The predicted octanol–water partition coefficient (Wildman–Crippen LogP) is 11.6. The Kier molecular flexibility index (Phi) is 5.66. The fraction of sp³-hybridized carbons (Fsp3) is 0.0426. The zero-order valence-corrected chi connectivity index (χ0v) is 27.3. The lowest BCUT2D eigenvalue weighted by Gasteiger charge is -2.32. The third-order valence-corrected chi connectivity index (χ3v) is 9.75. The van der Waals surface area contributed by atoms with Crippen LogP contribution in [0.5, 0.6) is 0 Å². The van der Waals surface area contributed by atoms with Crippen molar-refractivity contribution < 1.29 is 12.6 Å². The van der Waals surface area contributed by atoms with Crippen LogP contribution >= 0.6 is 0 Å². The number of benzene rings is 8. The molecule has 4 nitrogen and oxygen atoms in total. The lowest BCUT2D eigenvalue weighted by molar-refractivity contribution is 0.409. The van der Waals surface area contributed by atoms with Crippen LogP contribution in [0.15, 0.2) is 185 Å². The molecular weight excluding hydrogens is 623 g/mol. The van der Waals surface area contributed by atoms with Crippen molar-refractivity contribution in [1.82, 2.24) is 10.6 Å². The summed E-state index contributed by atoms with van der Waals surface area (Å²) in [6, 6.07) is 45.2. The Morgan fingerprint density at radius 1 is 0.529 bits per heavy atom. The molecule has 2 heterocycles. The summed E-state index contributed by atoms with van der Waals surface area (Å²) in [5, 5.41) is 13.6. The maximum atomic E-state index is 8.47. The summed E-state index contributed by atoms with van der Waals surface area (Å²) in [4.78, 5) is 5.22. The van der Waals surface area contributed by atoms with Gasteiger partial charge in [0, 0.05) is 16.3 Å². The second kappa shape index (κ2) is 12.1. The Hall–Kier alpha value is -6.49. The quantitative estimate of drug-likeness (QED) is 0.193. The standard InChI is InChI=1S/C47H33N3O/c1-2-9-30(10-3-1)32-17-20-33(21-18-32)45-48-46(38-25-19-31-11-4-5-12-34(31)28-38)50-47(49-45)39-26-23-35-27-37(24-22-36(35)29-39)40-14-8-16-43-44(40)41-13-6-7-15-42(41)51-43/h1-29,45-46,48H,(H,49,50)/i1D,2D,3D,6D,9D,10D. The van der Waals surface area contributed by atoms with E-state index in [1.54, 1.807) is 18.2 Å². The average molecular weight is 662 g/mol. The smallest absolute Gasteiger partial charge is 0.136 e. The monoisotopic (exact) mass is 661 g/mol. The van der Waals surface area contributed by atoms with Gasteiger partial charge in [0.1, 0.15) is 29.3 Å². The van der Waals surface area contributed by atoms with E-state index in [-0.39, 0.29) is 42.1 Å². The lowest BCUT2D eigenvalue weighted by atomic mass is 9.96. The van der Waals surface area contributed by atoms with E-state index in [0.29, 0.717) is 11.6 Å². The maximum absolute atomic E-state index is 8.47. The number of para-hydroxylation sites is 1. The zero-order valence-electron chi connectivity index (χ0n) is 33.3. The van der Waals surface area contributed by atoms with Gasteiger partial charge in [-0.1, -0.05) is 145 Å². The Morgan fingerprint density at radius 3 is 2.10 bits per heavy atom. The van der Waals surface area contributed by atoms with Crippen LogP contribution < -0.4 is 10.6 Å². The van der Waals surface area contributed by atoms with Gasteiger partial charge in [0.2, 0.25) is 0 Å². The number of nitrogens with one attached hydrogen (secondary N) is 2. The maximum Gasteiger partial charge on any atom is 0.136 e. The van der Waals surface area contributed by atoms with Gasteiger partial charge >= 0.3 is 0 Å². The Bertz CT molecular complexity index is 3090. The molecule has 4 heteroatoms. The summed E-state index contributed by atoms with van der Waals surface area (Å²) >= 11 is 0. The fourth-order valence-corrected chi connectivity index (χ4v) is 7.18.